The van der Waals surface area contributed by atoms with Gasteiger partial charge in [0.1, 0.15) is 5.82 Å². The van der Waals surface area contributed by atoms with Gasteiger partial charge in [-0.1, -0.05) is 12.1 Å². The summed E-state index contributed by atoms with van der Waals surface area (Å²) in [7, 11) is 1.63. The van der Waals surface area contributed by atoms with Crippen molar-refractivity contribution in [3.8, 4) is 0 Å². The molecule has 0 bridgehead atoms. The molecule has 1 aromatic carbocycles. The van der Waals surface area contributed by atoms with Gasteiger partial charge in [-0.05, 0) is 11.6 Å². The lowest BCUT2D eigenvalue weighted by molar-refractivity contribution is 0.610. The first-order valence-corrected chi connectivity index (χ1v) is 5.84. The quantitative estimate of drug-likeness (QED) is 0.862. The van der Waals surface area contributed by atoms with Crippen LogP contribution in [-0.2, 0) is 20.1 Å². The van der Waals surface area contributed by atoms with E-state index in [0.29, 0.717) is 12.1 Å². The van der Waals surface area contributed by atoms with Gasteiger partial charge in [0.15, 0.2) is 5.82 Å². The number of nitrogens with zero attached hydrogens (tertiary/aromatic N) is 2. The fourth-order valence-electron chi connectivity index (χ4n) is 1.66. The topological polar surface area (TPSA) is 72.9 Å². The Hall–Kier alpha value is -2.21. The summed E-state index contributed by atoms with van der Waals surface area (Å²) in [6, 6.07) is 4.81. The summed E-state index contributed by atoms with van der Waals surface area (Å²) in [6.45, 7) is 0.494. The van der Waals surface area contributed by atoms with Crippen LogP contribution in [0.3, 0.4) is 0 Å². The van der Waals surface area contributed by atoms with Crippen LogP contribution in [0.25, 0.3) is 0 Å². The van der Waals surface area contributed by atoms with Gasteiger partial charge in [0.2, 0.25) is 0 Å². The summed E-state index contributed by atoms with van der Waals surface area (Å²) in [4.78, 5) is 15.6. The minimum Gasteiger partial charge on any atom is -0.361 e. The first-order valence-electron chi connectivity index (χ1n) is 5.84. The molecule has 0 spiro atoms. The number of aromatic nitrogens is 2. The van der Waals surface area contributed by atoms with E-state index in [4.69, 9.17) is 5.73 Å². The second-order valence-electron chi connectivity index (χ2n) is 4.18. The molecule has 0 aliphatic carbocycles. The number of halogens is 1. The molecule has 6 heteroatoms. The molecule has 2 aromatic rings. The van der Waals surface area contributed by atoms with E-state index in [1.807, 2.05) is 0 Å². The summed E-state index contributed by atoms with van der Waals surface area (Å²) >= 11 is 0. The molecule has 3 N–H and O–H groups in total. The van der Waals surface area contributed by atoms with Crippen molar-refractivity contribution in [1.29, 1.82) is 0 Å². The van der Waals surface area contributed by atoms with Crippen LogP contribution in [0.2, 0.25) is 0 Å². The first-order chi connectivity index (χ1) is 9.11. The SMILES string of the molecule is Cn1ccnc(NCc2ccc(CN)cc2F)c1=O. The number of hydrogen-bond acceptors (Lipinski definition) is 4. The second kappa shape index (κ2) is 5.62. The van der Waals surface area contributed by atoms with E-state index in [1.54, 1.807) is 25.4 Å². The normalized spacial score (nSPS) is 10.5. The molecule has 0 amide bonds. The molecular weight excluding hydrogens is 247 g/mol. The molecule has 1 aromatic heterocycles. The molecule has 19 heavy (non-hydrogen) atoms. The number of benzene rings is 1. The molecule has 0 saturated heterocycles. The van der Waals surface area contributed by atoms with Gasteiger partial charge in [0.05, 0.1) is 0 Å². The van der Waals surface area contributed by atoms with E-state index in [2.05, 4.69) is 10.3 Å². The highest BCUT2D eigenvalue weighted by Gasteiger charge is 2.06. The van der Waals surface area contributed by atoms with Crippen LogP contribution in [0.4, 0.5) is 10.2 Å². The third-order valence-electron chi connectivity index (χ3n) is 2.82. The molecule has 5 nitrogen and oxygen atoms in total. The molecule has 0 atom stereocenters. The smallest absolute Gasteiger partial charge is 0.293 e. The van der Waals surface area contributed by atoms with Crippen LogP contribution in [0.5, 0.6) is 0 Å². The van der Waals surface area contributed by atoms with Crippen molar-refractivity contribution in [3.63, 3.8) is 0 Å². The van der Waals surface area contributed by atoms with Gasteiger partial charge in [0, 0.05) is 38.1 Å². The van der Waals surface area contributed by atoms with Crippen LogP contribution >= 0.6 is 0 Å². The van der Waals surface area contributed by atoms with E-state index in [1.165, 1.54) is 16.8 Å². The molecule has 0 saturated carbocycles. The molecule has 0 aliphatic rings. The van der Waals surface area contributed by atoms with Gasteiger partial charge < -0.3 is 15.6 Å². The fraction of sp³-hybridized carbons (Fsp3) is 0.231. The maximum absolute atomic E-state index is 13.7. The molecule has 0 unspecified atom stereocenters. The van der Waals surface area contributed by atoms with Crippen molar-refractivity contribution in [2.24, 2.45) is 12.8 Å². The Balaban J connectivity index is 2.15. The largest absolute Gasteiger partial charge is 0.361 e. The summed E-state index contributed by atoms with van der Waals surface area (Å²) in [5.74, 6) is -0.143. The molecule has 100 valence electrons. The van der Waals surface area contributed by atoms with Crippen molar-refractivity contribution in [2.75, 3.05) is 5.32 Å². The number of hydrogen-bond donors (Lipinski definition) is 2. The average Bonchev–Trinajstić information content (AvgIpc) is 2.41. The number of nitrogens with one attached hydrogen (secondary N) is 1. The third kappa shape index (κ3) is 2.97. The third-order valence-corrected chi connectivity index (χ3v) is 2.82. The molecule has 0 aliphatic heterocycles. The van der Waals surface area contributed by atoms with Crippen LogP contribution < -0.4 is 16.6 Å². The van der Waals surface area contributed by atoms with Crippen LogP contribution in [0, 0.1) is 5.82 Å². The van der Waals surface area contributed by atoms with E-state index < -0.39 is 0 Å². The van der Waals surface area contributed by atoms with Crippen molar-refractivity contribution in [2.45, 2.75) is 13.1 Å². The van der Waals surface area contributed by atoms with Crippen molar-refractivity contribution < 1.29 is 4.39 Å². The zero-order valence-corrected chi connectivity index (χ0v) is 10.6. The Morgan fingerprint density at radius 3 is 2.95 bits per heavy atom. The Labute approximate surface area is 109 Å². The number of nitrogens with two attached hydrogens (primary N) is 1. The van der Waals surface area contributed by atoms with E-state index >= 15 is 0 Å². The van der Waals surface area contributed by atoms with Crippen LogP contribution in [0.15, 0.2) is 35.4 Å². The Morgan fingerprint density at radius 2 is 2.26 bits per heavy atom. The summed E-state index contributed by atoms with van der Waals surface area (Å²) in [5, 5.41) is 2.83. The lowest BCUT2D eigenvalue weighted by atomic mass is 10.1. The number of rotatable bonds is 4. The maximum atomic E-state index is 13.7. The first kappa shape index (κ1) is 13.2. The van der Waals surface area contributed by atoms with Gasteiger partial charge in [-0.25, -0.2) is 9.37 Å². The van der Waals surface area contributed by atoms with Crippen molar-refractivity contribution in [1.82, 2.24) is 9.55 Å². The van der Waals surface area contributed by atoms with Gasteiger partial charge in [-0.3, -0.25) is 4.79 Å². The highest BCUT2D eigenvalue weighted by atomic mass is 19.1. The Bertz CT molecular complexity index is 639. The number of aryl methyl sites for hydroxylation is 1. The maximum Gasteiger partial charge on any atom is 0.293 e. The highest BCUT2D eigenvalue weighted by molar-refractivity contribution is 5.34. The molecular formula is C13H15FN4O. The van der Waals surface area contributed by atoms with Gasteiger partial charge in [-0.15, -0.1) is 0 Å². The second-order valence-corrected chi connectivity index (χ2v) is 4.18. The predicted molar refractivity (Wildman–Crippen MR) is 71.1 cm³/mol. The zero-order valence-electron chi connectivity index (χ0n) is 10.6. The fourth-order valence-corrected chi connectivity index (χ4v) is 1.66. The van der Waals surface area contributed by atoms with E-state index in [9.17, 15) is 9.18 Å². The van der Waals surface area contributed by atoms with Crippen LogP contribution in [0.1, 0.15) is 11.1 Å². The zero-order chi connectivity index (χ0) is 13.8. The summed E-state index contributed by atoms with van der Waals surface area (Å²) in [5.41, 5.74) is 6.38. The molecule has 0 fully saturated rings. The van der Waals surface area contributed by atoms with Gasteiger partial charge >= 0.3 is 0 Å². The minimum atomic E-state index is -0.344. The number of anilines is 1. The van der Waals surface area contributed by atoms with Gasteiger partial charge in [-0.2, -0.15) is 0 Å². The van der Waals surface area contributed by atoms with E-state index in [-0.39, 0.29) is 23.7 Å². The average molecular weight is 262 g/mol. The van der Waals surface area contributed by atoms with Crippen LogP contribution in [-0.4, -0.2) is 9.55 Å². The minimum absolute atomic E-state index is 0.197. The van der Waals surface area contributed by atoms with E-state index in [0.717, 1.165) is 5.56 Å². The molecule has 1 heterocycles. The molecule has 2 rings (SSSR count). The highest BCUT2D eigenvalue weighted by Crippen LogP contribution is 2.11. The summed E-state index contributed by atoms with van der Waals surface area (Å²) in [6.07, 6.45) is 3.07. The van der Waals surface area contributed by atoms with Crippen molar-refractivity contribution >= 4 is 5.82 Å². The Kier molecular flexibility index (Phi) is 3.91. The van der Waals surface area contributed by atoms with Crippen molar-refractivity contribution in [3.05, 3.63) is 57.9 Å². The lowest BCUT2D eigenvalue weighted by Crippen LogP contribution is -2.21. The molecule has 0 radical (unpaired) electrons. The standard InChI is InChI=1S/C13H15FN4O/c1-18-5-4-16-12(13(18)19)17-8-10-3-2-9(7-15)6-11(10)14/h2-6H,7-8,15H2,1H3,(H,16,17). The van der Waals surface area contributed by atoms with Gasteiger partial charge in [0.25, 0.3) is 5.56 Å². The lowest BCUT2D eigenvalue weighted by Gasteiger charge is -2.08. The summed E-state index contributed by atoms with van der Waals surface area (Å²) < 4.78 is 15.1. The Morgan fingerprint density at radius 1 is 1.47 bits per heavy atom. The monoisotopic (exact) mass is 262 g/mol. The predicted octanol–water partition coefficient (Wildman–Crippen LogP) is 0.990.